The van der Waals surface area contributed by atoms with Crippen molar-refractivity contribution in [2.45, 2.75) is 0 Å². The zero-order valence-corrected chi connectivity index (χ0v) is 5.90. The minimum Gasteiger partial charge on any atom is -0.494 e. The molecule has 4 heteroatoms. The normalized spacial score (nSPS) is 14.1. The molecular weight excluding hydrogens is 144 g/mol. The molecule has 1 aliphatic rings. The molecular formula is C7H6N2O2. The highest BCUT2D eigenvalue weighted by Gasteiger charge is 2.21. The lowest BCUT2D eigenvalue weighted by Crippen LogP contribution is -1.88. The van der Waals surface area contributed by atoms with E-state index in [-0.39, 0.29) is 11.8 Å². The summed E-state index contributed by atoms with van der Waals surface area (Å²) in [7, 11) is 1.68. The standard InChI is InChI=1S/C7H6N2O2/c1-9-3-5-4(7(9)11)2-8-6(5)10/h2-3,11H,1H3. The van der Waals surface area contributed by atoms with E-state index in [9.17, 15) is 9.90 Å². The zero-order chi connectivity index (χ0) is 8.01. The molecule has 0 saturated carbocycles. The molecule has 2 heterocycles. The minimum atomic E-state index is -0.282. The van der Waals surface area contributed by atoms with E-state index >= 15 is 0 Å². The van der Waals surface area contributed by atoms with Gasteiger partial charge >= 0.3 is 0 Å². The van der Waals surface area contributed by atoms with Gasteiger partial charge in [-0.15, -0.1) is 0 Å². The molecule has 56 valence electrons. The molecule has 0 radical (unpaired) electrons. The molecule has 0 spiro atoms. The van der Waals surface area contributed by atoms with Crippen molar-refractivity contribution in [1.82, 2.24) is 4.57 Å². The SMILES string of the molecule is Cn1cc2c(c1O)C=NC2=O. The second-order valence-electron chi connectivity index (χ2n) is 2.45. The van der Waals surface area contributed by atoms with Crippen molar-refractivity contribution >= 4 is 12.1 Å². The third-order valence-electron chi connectivity index (χ3n) is 1.73. The van der Waals surface area contributed by atoms with Gasteiger partial charge in [0.2, 0.25) is 5.88 Å². The minimum absolute atomic E-state index is 0.0922. The number of rotatable bonds is 0. The fraction of sp³-hybridized carbons (Fsp3) is 0.143. The maximum Gasteiger partial charge on any atom is 0.279 e. The molecule has 0 bridgehead atoms. The first kappa shape index (κ1) is 6.15. The zero-order valence-electron chi connectivity index (χ0n) is 5.90. The number of amides is 1. The summed E-state index contributed by atoms with van der Waals surface area (Å²) in [6, 6.07) is 0. The average molecular weight is 150 g/mol. The third-order valence-corrected chi connectivity index (χ3v) is 1.73. The summed E-state index contributed by atoms with van der Waals surface area (Å²) in [5.41, 5.74) is 1.00. The van der Waals surface area contributed by atoms with Gasteiger partial charge in [-0.05, 0) is 0 Å². The van der Waals surface area contributed by atoms with E-state index in [0.29, 0.717) is 11.1 Å². The Kier molecular flexibility index (Phi) is 0.961. The number of aryl methyl sites for hydroxylation is 1. The molecule has 0 fully saturated rings. The molecule has 1 amide bonds. The molecule has 0 unspecified atom stereocenters. The second-order valence-corrected chi connectivity index (χ2v) is 2.45. The van der Waals surface area contributed by atoms with Crippen molar-refractivity contribution in [3.8, 4) is 5.88 Å². The highest BCUT2D eigenvalue weighted by molar-refractivity contribution is 6.14. The predicted octanol–water partition coefficient (Wildman–Crippen LogP) is 0.303. The van der Waals surface area contributed by atoms with E-state index < -0.39 is 0 Å². The van der Waals surface area contributed by atoms with E-state index in [2.05, 4.69) is 4.99 Å². The van der Waals surface area contributed by atoms with Crippen LogP contribution in [0.5, 0.6) is 5.88 Å². The van der Waals surface area contributed by atoms with E-state index in [0.717, 1.165) is 0 Å². The Hall–Kier alpha value is -1.58. The number of hydrogen-bond acceptors (Lipinski definition) is 2. The monoisotopic (exact) mass is 150 g/mol. The smallest absolute Gasteiger partial charge is 0.279 e. The first-order valence-electron chi connectivity index (χ1n) is 3.17. The van der Waals surface area contributed by atoms with Crippen LogP contribution in [0.3, 0.4) is 0 Å². The number of aromatic hydroxyl groups is 1. The Labute approximate surface area is 62.8 Å². The molecule has 1 aliphatic heterocycles. The van der Waals surface area contributed by atoms with Crippen LogP contribution in [0.1, 0.15) is 15.9 Å². The van der Waals surface area contributed by atoms with Gasteiger partial charge in [0, 0.05) is 19.5 Å². The number of carbonyl (C=O) groups is 1. The van der Waals surface area contributed by atoms with E-state index in [1.165, 1.54) is 10.8 Å². The molecule has 1 aromatic rings. The van der Waals surface area contributed by atoms with E-state index in [1.54, 1.807) is 13.2 Å². The van der Waals surface area contributed by atoms with Crippen LogP contribution in [0.25, 0.3) is 0 Å². The Bertz CT molecular complexity index is 363. The van der Waals surface area contributed by atoms with Crippen LogP contribution < -0.4 is 0 Å². The summed E-state index contributed by atoms with van der Waals surface area (Å²) in [4.78, 5) is 14.4. The molecule has 0 aromatic carbocycles. The molecule has 0 aliphatic carbocycles. The molecule has 0 saturated heterocycles. The topological polar surface area (TPSA) is 54.6 Å². The van der Waals surface area contributed by atoms with E-state index in [1.807, 2.05) is 0 Å². The lowest BCUT2D eigenvalue weighted by Gasteiger charge is -1.91. The van der Waals surface area contributed by atoms with Crippen molar-refractivity contribution in [2.75, 3.05) is 0 Å². The Balaban J connectivity index is 2.75. The van der Waals surface area contributed by atoms with Gasteiger partial charge in [-0.3, -0.25) is 4.79 Å². The fourth-order valence-electron chi connectivity index (χ4n) is 1.13. The number of aromatic nitrogens is 1. The van der Waals surface area contributed by atoms with Crippen LogP contribution in [0.15, 0.2) is 11.2 Å². The second kappa shape index (κ2) is 1.72. The van der Waals surface area contributed by atoms with E-state index in [4.69, 9.17) is 0 Å². The van der Waals surface area contributed by atoms with Gasteiger partial charge in [0.15, 0.2) is 0 Å². The first-order valence-corrected chi connectivity index (χ1v) is 3.17. The Morgan fingerprint density at radius 3 is 3.00 bits per heavy atom. The molecule has 11 heavy (non-hydrogen) atoms. The highest BCUT2D eigenvalue weighted by Crippen LogP contribution is 2.24. The first-order chi connectivity index (χ1) is 5.20. The summed E-state index contributed by atoms with van der Waals surface area (Å²) in [6.45, 7) is 0. The lowest BCUT2D eigenvalue weighted by molar-refractivity contribution is 0.101. The summed E-state index contributed by atoms with van der Waals surface area (Å²) < 4.78 is 1.49. The van der Waals surface area contributed by atoms with Crippen LogP contribution in [-0.4, -0.2) is 21.8 Å². The van der Waals surface area contributed by atoms with Gasteiger partial charge in [0.25, 0.3) is 5.91 Å². The summed E-state index contributed by atoms with van der Waals surface area (Å²) >= 11 is 0. The van der Waals surface area contributed by atoms with Crippen molar-refractivity contribution < 1.29 is 9.90 Å². The number of nitrogens with zero attached hydrogens (tertiary/aromatic N) is 2. The molecule has 1 aromatic heterocycles. The number of carbonyl (C=O) groups excluding carboxylic acids is 1. The van der Waals surface area contributed by atoms with Gasteiger partial charge in [-0.1, -0.05) is 0 Å². The molecule has 0 atom stereocenters. The largest absolute Gasteiger partial charge is 0.494 e. The quantitative estimate of drug-likeness (QED) is 0.578. The van der Waals surface area contributed by atoms with Crippen LogP contribution in [0.4, 0.5) is 0 Å². The Morgan fingerprint density at radius 1 is 1.64 bits per heavy atom. The van der Waals surface area contributed by atoms with Crippen molar-refractivity contribution in [3.05, 3.63) is 17.3 Å². The number of fused-ring (bicyclic) bond motifs is 1. The van der Waals surface area contributed by atoms with Gasteiger partial charge in [-0.2, -0.15) is 0 Å². The summed E-state index contributed by atoms with van der Waals surface area (Å²) in [6.07, 6.45) is 2.95. The Morgan fingerprint density at radius 2 is 2.36 bits per heavy atom. The van der Waals surface area contributed by atoms with Crippen LogP contribution in [-0.2, 0) is 7.05 Å². The van der Waals surface area contributed by atoms with Gasteiger partial charge in [-0.25, -0.2) is 4.99 Å². The van der Waals surface area contributed by atoms with Crippen LogP contribution >= 0.6 is 0 Å². The molecule has 4 nitrogen and oxygen atoms in total. The molecule has 1 N–H and O–H groups in total. The van der Waals surface area contributed by atoms with Gasteiger partial charge < -0.3 is 9.67 Å². The number of aliphatic imine (C=N–C) groups is 1. The lowest BCUT2D eigenvalue weighted by atomic mass is 10.2. The maximum absolute atomic E-state index is 10.9. The van der Waals surface area contributed by atoms with Crippen molar-refractivity contribution in [2.24, 2.45) is 12.0 Å². The number of hydrogen-bond donors (Lipinski definition) is 1. The van der Waals surface area contributed by atoms with Crippen LogP contribution in [0, 0.1) is 0 Å². The van der Waals surface area contributed by atoms with Crippen LogP contribution in [0.2, 0.25) is 0 Å². The van der Waals surface area contributed by atoms with Gasteiger partial charge in [0.05, 0.1) is 11.1 Å². The van der Waals surface area contributed by atoms with Crippen molar-refractivity contribution in [3.63, 3.8) is 0 Å². The average Bonchev–Trinajstić information content (AvgIpc) is 2.43. The predicted molar refractivity (Wildman–Crippen MR) is 39.0 cm³/mol. The summed E-state index contributed by atoms with van der Waals surface area (Å²) in [5.74, 6) is -0.189. The summed E-state index contributed by atoms with van der Waals surface area (Å²) in [5, 5.41) is 9.30. The fourth-order valence-corrected chi connectivity index (χ4v) is 1.13. The highest BCUT2D eigenvalue weighted by atomic mass is 16.3. The maximum atomic E-state index is 10.9. The molecule has 2 rings (SSSR count). The third kappa shape index (κ3) is 0.633. The van der Waals surface area contributed by atoms with Crippen molar-refractivity contribution in [1.29, 1.82) is 0 Å². The van der Waals surface area contributed by atoms with Gasteiger partial charge in [0.1, 0.15) is 0 Å².